The fraction of sp³-hybridized carbons (Fsp3) is 0. The van der Waals surface area contributed by atoms with E-state index in [1.54, 1.807) is 93.7 Å². The molecule has 0 N–H and O–H groups in total. The molecule has 0 spiro atoms. The Hall–Kier alpha value is -0.110. The van der Waals surface area contributed by atoms with Crippen LogP contribution >= 0.6 is 40.3 Å². The standard InChI is InChI=1S/C11H6N2O.C11H6N2S.P4S10/c2*14-11-7-1-3-12-5-9(7)10-6-13-4-2-8(10)11;5-1-4(2-6)3-8-10-12-14-13-11-9-7/h2*1-6H;. The normalized spacial score (nSPS) is 12.2. The molecule has 0 unspecified atom stereocenters. The highest BCUT2D eigenvalue weighted by Gasteiger charge is 2.26. The molecule has 0 aromatic carbocycles. The number of hydrogen-bond donors (Lipinski definition) is 0. The van der Waals surface area contributed by atoms with Crippen molar-refractivity contribution in [1.82, 2.24) is 19.9 Å². The van der Waals surface area contributed by atoms with E-state index in [0.29, 0.717) is 0 Å². The van der Waals surface area contributed by atoms with Crippen LogP contribution < -0.4 is 0 Å². The molecule has 4 aromatic heterocycles. The van der Waals surface area contributed by atoms with Crippen LogP contribution in [0.1, 0.15) is 27.0 Å². The summed E-state index contributed by atoms with van der Waals surface area (Å²) in [5.74, 6) is 0.0693. The molecule has 0 atom stereocenters. The molecule has 0 amide bonds. The van der Waals surface area contributed by atoms with Gasteiger partial charge in [0.25, 0.3) is 0 Å². The van der Waals surface area contributed by atoms with Crippen LogP contribution in [0.3, 0.4) is 0 Å². The zero-order valence-corrected chi connectivity index (χ0v) is 33.0. The molecule has 2 aliphatic carbocycles. The minimum Gasteiger partial charge on any atom is -0.289 e. The monoisotopic (exact) mass is 824 g/mol. The van der Waals surface area contributed by atoms with Crippen LogP contribution in [0.25, 0.3) is 22.3 Å². The summed E-state index contributed by atoms with van der Waals surface area (Å²) in [5, 5.41) is 0. The number of hydrogen-bond acceptors (Lipinski definition) is 9. The number of nitrogens with zero attached hydrogens (tertiary/aromatic N) is 4. The number of carbonyl (C=O) groups is 1. The average molecular weight is 825 g/mol. The maximum absolute atomic E-state index is 11.8. The topological polar surface area (TPSA) is 68.6 Å². The highest BCUT2D eigenvalue weighted by molar-refractivity contribution is 8.87. The predicted molar refractivity (Wildman–Crippen MR) is 211 cm³/mol. The van der Waals surface area contributed by atoms with Gasteiger partial charge in [-0.15, -0.1) is 0 Å². The number of ketones is 1. The molecule has 0 fully saturated rings. The third kappa shape index (κ3) is 9.22. The molecule has 4 aromatic rings. The summed E-state index contributed by atoms with van der Waals surface area (Å²) in [7, 11) is 15.2. The van der Waals surface area contributed by atoms with E-state index in [1.807, 2.05) is 34.0 Å². The molecule has 4 heterocycles. The minimum atomic E-state index is -0.151. The zero-order valence-electron chi connectivity index (χ0n) is 20.4. The van der Waals surface area contributed by atoms with Crippen molar-refractivity contribution in [2.75, 3.05) is 0 Å². The van der Waals surface area contributed by atoms with Crippen LogP contribution in [-0.4, -0.2) is 30.6 Å². The molecule has 212 valence electrons. The van der Waals surface area contributed by atoms with Crippen LogP contribution in [-0.2, 0) is 97.6 Å². The fourth-order valence-electron chi connectivity index (χ4n) is 3.66. The summed E-state index contributed by atoms with van der Waals surface area (Å²) < 4.78 is 0. The number of fused-ring (bicyclic) bond motifs is 6. The lowest BCUT2D eigenvalue weighted by Gasteiger charge is -1.95. The predicted octanol–water partition coefficient (Wildman–Crippen LogP) is 7.33. The van der Waals surface area contributed by atoms with Gasteiger partial charge < -0.3 is 0 Å². The third-order valence-electron chi connectivity index (χ3n) is 5.26. The molecular weight excluding hydrogens is 813 g/mol. The summed E-state index contributed by atoms with van der Waals surface area (Å²) in [6.07, 6.45) is 13.9. The Morgan fingerprint density at radius 3 is 1.45 bits per heavy atom. The van der Waals surface area contributed by atoms with Crippen LogP contribution in [0.15, 0.2) is 73.8 Å². The number of thiocarbonyl (C=S) groups is 1. The van der Waals surface area contributed by atoms with Gasteiger partial charge >= 0.3 is 0 Å². The number of aromatic nitrogens is 4. The van der Waals surface area contributed by atoms with Gasteiger partial charge in [-0.2, -0.15) is 0 Å². The highest BCUT2D eigenvalue weighted by Crippen LogP contribution is 2.69. The molecule has 0 bridgehead atoms. The van der Waals surface area contributed by atoms with Crippen LogP contribution in [0.2, 0.25) is 0 Å². The van der Waals surface area contributed by atoms with Crippen molar-refractivity contribution in [2.45, 2.75) is 0 Å². The maximum atomic E-state index is 11.8. The van der Waals surface area contributed by atoms with E-state index in [0.717, 1.165) is 63.5 Å². The summed E-state index contributed by atoms with van der Waals surface area (Å²) >= 11 is 20.0. The molecular formula is C22H12N4OP4S11. The van der Waals surface area contributed by atoms with Crippen LogP contribution in [0.5, 0.6) is 0 Å². The van der Waals surface area contributed by atoms with Gasteiger partial charge in [0, 0.05) is 115 Å². The molecule has 0 saturated heterocycles. The van der Waals surface area contributed by atoms with Crippen molar-refractivity contribution in [2.24, 2.45) is 0 Å². The SMILES string of the molecule is O=C1c2ccncc2-c2cnccc21.S=C1c2ccncc2-c2cnccc21.S=PP(P=S)P=S=S=S=S=S=S=S=S. The first-order valence-electron chi connectivity index (χ1n) is 10.9. The summed E-state index contributed by atoms with van der Waals surface area (Å²) in [6, 6.07) is 7.41. The first-order chi connectivity index (χ1) is 20.6. The Labute approximate surface area is 288 Å². The lowest BCUT2D eigenvalue weighted by atomic mass is 10.1. The van der Waals surface area contributed by atoms with E-state index in [2.05, 4.69) is 19.9 Å². The van der Waals surface area contributed by atoms with E-state index in [4.69, 9.17) is 47.0 Å². The lowest BCUT2D eigenvalue weighted by molar-refractivity contribution is 0.104. The average Bonchev–Trinajstić information content (AvgIpc) is 3.51. The second-order valence-corrected chi connectivity index (χ2v) is 33.6. The van der Waals surface area contributed by atoms with Gasteiger partial charge in [0.1, 0.15) is 0 Å². The molecule has 2 aliphatic rings. The minimum absolute atomic E-state index is 0.0693. The van der Waals surface area contributed by atoms with Crippen LogP contribution in [0, 0.1) is 0 Å². The van der Waals surface area contributed by atoms with Gasteiger partial charge in [0.2, 0.25) is 0 Å². The van der Waals surface area contributed by atoms with E-state index < -0.39 is 0 Å². The van der Waals surface area contributed by atoms with Gasteiger partial charge in [0.05, 0.1) is 11.9 Å². The van der Waals surface area contributed by atoms with Crippen molar-refractivity contribution in [3.8, 4) is 22.3 Å². The van der Waals surface area contributed by atoms with Crippen molar-refractivity contribution in [3.05, 3.63) is 96.1 Å². The molecule has 42 heavy (non-hydrogen) atoms. The zero-order chi connectivity index (χ0) is 29.7. The van der Waals surface area contributed by atoms with Gasteiger partial charge in [-0.25, -0.2) is 0 Å². The summed E-state index contributed by atoms with van der Waals surface area (Å²) in [4.78, 5) is 29.0. The van der Waals surface area contributed by atoms with Crippen LogP contribution in [0.4, 0.5) is 0 Å². The van der Waals surface area contributed by atoms with Crippen molar-refractivity contribution < 1.29 is 4.79 Å². The summed E-state index contributed by atoms with van der Waals surface area (Å²) in [5.41, 5.74) is 7.62. The molecule has 0 radical (unpaired) electrons. The first kappa shape index (κ1) is 34.8. The molecule has 5 nitrogen and oxygen atoms in total. The molecule has 0 aliphatic heterocycles. The second kappa shape index (κ2) is 18.8. The van der Waals surface area contributed by atoms with Crippen molar-refractivity contribution in [1.29, 1.82) is 0 Å². The third-order valence-corrected chi connectivity index (χ3v) is 39.4. The number of carbonyl (C=O) groups excluding carboxylic acids is 1. The number of pyridine rings is 4. The fourth-order valence-corrected chi connectivity index (χ4v) is 39.3. The molecule has 0 saturated carbocycles. The molecule has 20 heteroatoms. The van der Waals surface area contributed by atoms with Gasteiger partial charge in [0.15, 0.2) is 5.78 Å². The lowest BCUT2D eigenvalue weighted by Crippen LogP contribution is -1.94. The van der Waals surface area contributed by atoms with Crippen molar-refractivity contribution in [3.63, 3.8) is 0 Å². The highest BCUT2D eigenvalue weighted by atomic mass is 33.4. The Bertz CT molecular complexity index is 1840. The molecule has 6 rings (SSSR count). The summed E-state index contributed by atoms with van der Waals surface area (Å²) in [6.45, 7) is -0.151. The quantitative estimate of drug-likeness (QED) is 0.135. The Kier molecular flexibility index (Phi) is 15.5. The van der Waals surface area contributed by atoms with E-state index >= 15 is 0 Å². The van der Waals surface area contributed by atoms with E-state index in [1.165, 1.54) is 15.9 Å². The van der Waals surface area contributed by atoms with Gasteiger partial charge in [-0.1, -0.05) is 35.8 Å². The maximum Gasteiger partial charge on any atom is 0.194 e. The van der Waals surface area contributed by atoms with E-state index in [-0.39, 0.29) is 12.8 Å². The van der Waals surface area contributed by atoms with E-state index in [9.17, 15) is 4.79 Å². The second-order valence-electron chi connectivity index (χ2n) is 7.34. The van der Waals surface area contributed by atoms with Crippen molar-refractivity contribution >= 4 is 149 Å². The largest absolute Gasteiger partial charge is 0.289 e. The Morgan fingerprint density at radius 2 is 1.00 bits per heavy atom. The first-order valence-corrected chi connectivity index (χ1v) is 29.9. The Morgan fingerprint density at radius 1 is 0.595 bits per heavy atom. The Balaban J connectivity index is 0.000000145. The van der Waals surface area contributed by atoms with Gasteiger partial charge in [-0.3, -0.25) is 24.7 Å². The number of rotatable bonds is 3. The van der Waals surface area contributed by atoms with Gasteiger partial charge in [-0.05, 0) is 98.2 Å². The smallest absolute Gasteiger partial charge is 0.194 e.